The van der Waals surface area contributed by atoms with Crippen molar-refractivity contribution in [1.29, 1.82) is 0 Å². The SMILES string of the molecule is CCCCCCCCOc1ccc(NC(=O)C(CCCNC(=O)OC(C)(C)C)NC(=O)[C@@]2(O)C[C@@H](OC(=O)/C=C/c3ccc(O)c(O)c3)[C@@H]3OC(C)(C)O[C@@H]3C2)cc1. The molecule has 320 valence electrons. The zero-order valence-electron chi connectivity index (χ0n) is 34.5. The first-order chi connectivity index (χ1) is 27.4. The van der Waals surface area contributed by atoms with E-state index in [1.807, 2.05) is 0 Å². The largest absolute Gasteiger partial charge is 0.504 e. The Morgan fingerprint density at radius 2 is 1.64 bits per heavy atom. The van der Waals surface area contributed by atoms with Gasteiger partial charge in [0.25, 0.3) is 5.91 Å². The van der Waals surface area contributed by atoms with Crippen molar-refractivity contribution >= 4 is 35.6 Å². The fraction of sp³-hybridized carbons (Fsp3) is 0.581. The normalized spacial score (nSPS) is 21.7. The highest BCUT2D eigenvalue weighted by molar-refractivity contribution is 5.98. The van der Waals surface area contributed by atoms with Crippen LogP contribution in [0.2, 0.25) is 0 Å². The van der Waals surface area contributed by atoms with E-state index in [1.165, 1.54) is 50.0 Å². The number of unbranched alkanes of at least 4 members (excludes halogenated alkanes) is 5. The number of carbonyl (C=O) groups is 4. The number of phenols is 2. The van der Waals surface area contributed by atoms with Crippen molar-refractivity contribution in [2.75, 3.05) is 18.5 Å². The Labute approximate surface area is 340 Å². The molecule has 5 atom stereocenters. The van der Waals surface area contributed by atoms with Crippen LogP contribution in [0.5, 0.6) is 17.2 Å². The molecule has 1 aliphatic heterocycles. The fourth-order valence-electron chi connectivity index (χ4n) is 6.80. The van der Waals surface area contributed by atoms with E-state index in [0.717, 1.165) is 18.9 Å². The van der Waals surface area contributed by atoms with Crippen LogP contribution < -0.4 is 20.7 Å². The van der Waals surface area contributed by atoms with E-state index in [1.54, 1.807) is 58.9 Å². The Morgan fingerprint density at radius 1 is 0.931 bits per heavy atom. The summed E-state index contributed by atoms with van der Waals surface area (Å²) < 4.78 is 29.0. The van der Waals surface area contributed by atoms with Crippen molar-refractivity contribution in [1.82, 2.24) is 10.6 Å². The summed E-state index contributed by atoms with van der Waals surface area (Å²) >= 11 is 0. The summed E-state index contributed by atoms with van der Waals surface area (Å²) in [6, 6.07) is 9.76. The lowest BCUT2D eigenvalue weighted by molar-refractivity contribution is -0.176. The number of nitrogens with one attached hydrogen (secondary N) is 3. The van der Waals surface area contributed by atoms with Crippen LogP contribution in [-0.2, 0) is 33.3 Å². The molecule has 1 heterocycles. The number of benzene rings is 2. The smallest absolute Gasteiger partial charge is 0.407 e. The van der Waals surface area contributed by atoms with Gasteiger partial charge in [-0.25, -0.2) is 9.59 Å². The molecular formula is C43H61N3O12. The van der Waals surface area contributed by atoms with Gasteiger partial charge in [0, 0.05) is 31.1 Å². The molecular weight excluding hydrogens is 750 g/mol. The van der Waals surface area contributed by atoms with Gasteiger partial charge in [-0.2, -0.15) is 0 Å². The molecule has 15 nitrogen and oxygen atoms in total. The van der Waals surface area contributed by atoms with Crippen molar-refractivity contribution in [2.24, 2.45) is 0 Å². The highest BCUT2D eigenvalue weighted by atomic mass is 16.8. The van der Waals surface area contributed by atoms with E-state index in [4.69, 9.17) is 23.7 Å². The van der Waals surface area contributed by atoms with Crippen LogP contribution in [0.3, 0.4) is 0 Å². The molecule has 0 aromatic heterocycles. The molecule has 2 aromatic carbocycles. The molecule has 2 fully saturated rings. The second kappa shape index (κ2) is 20.7. The predicted octanol–water partition coefficient (Wildman–Crippen LogP) is 6.24. The van der Waals surface area contributed by atoms with Crippen LogP contribution in [0.25, 0.3) is 6.08 Å². The number of hydrogen-bond acceptors (Lipinski definition) is 12. The number of esters is 1. The Kier molecular flexibility index (Phi) is 16.4. The van der Waals surface area contributed by atoms with E-state index in [0.29, 0.717) is 23.6 Å². The van der Waals surface area contributed by atoms with Crippen molar-refractivity contribution < 1.29 is 58.2 Å². The predicted molar refractivity (Wildman–Crippen MR) is 216 cm³/mol. The van der Waals surface area contributed by atoms with Gasteiger partial charge in [-0.3, -0.25) is 9.59 Å². The topological polar surface area (TPSA) is 211 Å². The number of anilines is 1. The number of amides is 3. The van der Waals surface area contributed by atoms with Crippen LogP contribution >= 0.6 is 0 Å². The van der Waals surface area contributed by atoms with E-state index in [9.17, 15) is 34.5 Å². The van der Waals surface area contributed by atoms with Crippen LogP contribution in [0, 0.1) is 0 Å². The van der Waals surface area contributed by atoms with Crippen LogP contribution in [0.15, 0.2) is 48.5 Å². The first-order valence-corrected chi connectivity index (χ1v) is 20.2. The van der Waals surface area contributed by atoms with Gasteiger partial charge in [0.05, 0.1) is 12.7 Å². The summed E-state index contributed by atoms with van der Waals surface area (Å²) in [5.74, 6) is -3.39. The third-order valence-corrected chi connectivity index (χ3v) is 9.62. The second-order valence-electron chi connectivity index (χ2n) is 16.4. The molecule has 1 saturated heterocycles. The van der Waals surface area contributed by atoms with E-state index < -0.39 is 65.2 Å². The number of hydrogen-bond donors (Lipinski definition) is 6. The summed E-state index contributed by atoms with van der Waals surface area (Å²) in [5.41, 5.74) is -1.98. The summed E-state index contributed by atoms with van der Waals surface area (Å²) in [6.45, 7) is 11.5. The summed E-state index contributed by atoms with van der Waals surface area (Å²) in [5, 5.41) is 39.5. The number of fused-ring (bicyclic) bond motifs is 1. The van der Waals surface area contributed by atoms with Crippen LogP contribution in [0.4, 0.5) is 10.5 Å². The lowest BCUT2D eigenvalue weighted by Gasteiger charge is -2.40. The van der Waals surface area contributed by atoms with Crippen molar-refractivity contribution in [3.8, 4) is 17.2 Å². The first-order valence-electron chi connectivity index (χ1n) is 20.2. The highest BCUT2D eigenvalue weighted by Crippen LogP contribution is 2.42. The zero-order valence-corrected chi connectivity index (χ0v) is 34.5. The third-order valence-electron chi connectivity index (χ3n) is 9.62. The molecule has 3 amide bonds. The summed E-state index contributed by atoms with van der Waals surface area (Å²) in [6.07, 6.45) is 5.72. The Balaban J connectivity index is 1.44. The van der Waals surface area contributed by atoms with Gasteiger partial charge in [0.1, 0.15) is 35.2 Å². The number of ether oxygens (including phenoxy) is 5. The monoisotopic (exact) mass is 811 g/mol. The quantitative estimate of drug-likeness (QED) is 0.0403. The third kappa shape index (κ3) is 14.5. The van der Waals surface area contributed by atoms with E-state index in [-0.39, 0.29) is 43.7 Å². The minimum atomic E-state index is -2.15. The van der Waals surface area contributed by atoms with Gasteiger partial charge in [0.15, 0.2) is 17.3 Å². The number of aromatic hydroxyl groups is 2. The molecule has 0 bridgehead atoms. The molecule has 58 heavy (non-hydrogen) atoms. The Hall–Kier alpha value is -4.86. The number of carbonyl (C=O) groups excluding carboxylic acids is 4. The van der Waals surface area contributed by atoms with Gasteiger partial charge < -0.3 is 55.0 Å². The molecule has 1 saturated carbocycles. The van der Waals surface area contributed by atoms with Crippen molar-refractivity contribution in [2.45, 2.75) is 147 Å². The number of phenolic OH excluding ortho intramolecular Hbond substituents is 2. The summed E-state index contributed by atoms with van der Waals surface area (Å²) in [7, 11) is 0. The lowest BCUT2D eigenvalue weighted by Crippen LogP contribution is -2.61. The maximum absolute atomic E-state index is 14.0. The number of alkyl carbamates (subject to hydrolysis) is 1. The Bertz CT molecular complexity index is 1720. The van der Waals surface area contributed by atoms with Gasteiger partial charge in [-0.05, 0) is 102 Å². The average molecular weight is 812 g/mol. The minimum absolute atomic E-state index is 0.0810. The number of rotatable bonds is 19. The van der Waals surface area contributed by atoms with Gasteiger partial charge in [0.2, 0.25) is 5.91 Å². The molecule has 15 heteroatoms. The number of aliphatic hydroxyl groups is 1. The van der Waals surface area contributed by atoms with Gasteiger partial charge >= 0.3 is 12.1 Å². The van der Waals surface area contributed by atoms with Crippen molar-refractivity contribution in [3.63, 3.8) is 0 Å². The van der Waals surface area contributed by atoms with E-state index >= 15 is 0 Å². The zero-order chi connectivity index (χ0) is 42.5. The molecule has 1 unspecified atom stereocenters. The van der Waals surface area contributed by atoms with Crippen LogP contribution in [-0.4, -0.2) is 93.7 Å². The standard InChI is InChI=1S/C43H61N3O12/c1-7-8-9-10-11-12-24-54-30-19-17-29(18-20-30)45-38(50)31(14-13-23-44-40(52)58-41(2,3)4)46-39(51)43(53)26-34(37-35(27-43)56-42(5,6)57-37)55-36(49)22-16-28-15-21-32(47)33(48)25-28/h15-22,25,31,34-35,37,47-48,53H,7-14,23-24,26-27H2,1-6H3,(H,44,52)(H,45,50)(H,46,51)/b22-16+/t31?,34-,35-,37+,43-/m1/s1. The molecule has 2 aromatic rings. The maximum atomic E-state index is 14.0. The molecule has 4 rings (SSSR count). The molecule has 0 spiro atoms. The highest BCUT2D eigenvalue weighted by Gasteiger charge is 2.57. The molecule has 1 aliphatic carbocycles. The fourth-order valence-corrected chi connectivity index (χ4v) is 6.80. The first kappa shape index (κ1) is 45.8. The Morgan fingerprint density at radius 3 is 2.33 bits per heavy atom. The lowest BCUT2D eigenvalue weighted by atomic mass is 9.78. The molecule has 6 N–H and O–H groups in total. The summed E-state index contributed by atoms with van der Waals surface area (Å²) in [4.78, 5) is 53.1. The maximum Gasteiger partial charge on any atom is 0.407 e. The van der Waals surface area contributed by atoms with Gasteiger partial charge in [-0.1, -0.05) is 45.1 Å². The minimum Gasteiger partial charge on any atom is -0.504 e. The van der Waals surface area contributed by atoms with Gasteiger partial charge in [-0.15, -0.1) is 0 Å². The van der Waals surface area contributed by atoms with Crippen molar-refractivity contribution in [3.05, 3.63) is 54.1 Å². The van der Waals surface area contributed by atoms with Crippen LogP contribution in [0.1, 0.15) is 111 Å². The average Bonchev–Trinajstić information content (AvgIpc) is 3.46. The molecule has 0 radical (unpaired) electrons. The van der Waals surface area contributed by atoms with E-state index in [2.05, 4.69) is 22.9 Å². The molecule has 2 aliphatic rings. The second-order valence-corrected chi connectivity index (χ2v) is 16.4.